The number of alkyl halides is 1. The molecule has 0 saturated carbocycles. The average Bonchev–Trinajstić information content (AvgIpc) is 2.90. The van der Waals surface area contributed by atoms with Gasteiger partial charge in [-0.1, -0.05) is 0 Å². The molecule has 1 spiro atoms. The molecule has 10 heteroatoms. The maximum atomic E-state index is 15.4. The Bertz CT molecular complexity index is 1250. The van der Waals surface area contributed by atoms with Gasteiger partial charge in [0.1, 0.15) is 23.4 Å². The molecule has 2 bridgehead atoms. The molecule has 1 aromatic carbocycles. The van der Waals surface area contributed by atoms with Crippen molar-refractivity contribution in [2.24, 2.45) is 0 Å². The minimum Gasteiger partial charge on any atom is -0.503 e. The highest BCUT2D eigenvalue weighted by atomic mass is 19.1. The second-order valence-corrected chi connectivity index (χ2v) is 9.09. The molecule has 0 unspecified atom stereocenters. The number of fused-ring (bicyclic) bond motifs is 1. The summed E-state index contributed by atoms with van der Waals surface area (Å²) in [4.78, 5) is 40.4. The molecule has 5 rings (SSSR count). The number of aromatic nitrogens is 1. The number of aryl methyl sites for hydroxylation is 1. The SMILES string of the molecule is Cc1cc(F)c(CNC(=O)c2c3n4c(c(O)c2=O)C(=O)N2CCCC[C@]4(C[C@@H]3F)C2)c(F)c1. The maximum Gasteiger partial charge on any atom is 0.274 e. The zero-order valence-electron chi connectivity index (χ0n) is 17.9. The van der Waals surface area contributed by atoms with Crippen LogP contribution >= 0.6 is 0 Å². The van der Waals surface area contributed by atoms with Crippen molar-refractivity contribution in [1.29, 1.82) is 0 Å². The molecule has 33 heavy (non-hydrogen) atoms. The zero-order chi connectivity index (χ0) is 23.7. The molecule has 2 N–H and O–H groups in total. The predicted octanol–water partition coefficient (Wildman–Crippen LogP) is 2.82. The molecular weight excluding hydrogens is 439 g/mol. The van der Waals surface area contributed by atoms with E-state index in [1.165, 1.54) is 16.4 Å². The second kappa shape index (κ2) is 7.36. The van der Waals surface area contributed by atoms with Crippen molar-refractivity contribution >= 4 is 11.8 Å². The van der Waals surface area contributed by atoms with E-state index in [2.05, 4.69) is 5.32 Å². The molecule has 7 nitrogen and oxygen atoms in total. The van der Waals surface area contributed by atoms with Crippen molar-refractivity contribution in [3.8, 4) is 5.75 Å². The van der Waals surface area contributed by atoms with E-state index in [4.69, 9.17) is 0 Å². The van der Waals surface area contributed by atoms with Crippen molar-refractivity contribution in [2.75, 3.05) is 13.1 Å². The summed E-state index contributed by atoms with van der Waals surface area (Å²) in [6.45, 7) is 1.61. The zero-order valence-corrected chi connectivity index (χ0v) is 17.9. The van der Waals surface area contributed by atoms with E-state index in [0.717, 1.165) is 18.6 Å². The summed E-state index contributed by atoms with van der Waals surface area (Å²) in [5.74, 6) is -4.29. The summed E-state index contributed by atoms with van der Waals surface area (Å²) in [7, 11) is 0. The van der Waals surface area contributed by atoms with Crippen LogP contribution in [0.5, 0.6) is 5.75 Å². The van der Waals surface area contributed by atoms with Crippen LogP contribution < -0.4 is 10.7 Å². The maximum absolute atomic E-state index is 15.4. The Kier molecular flexibility index (Phi) is 4.80. The summed E-state index contributed by atoms with van der Waals surface area (Å²) in [5, 5.41) is 12.9. The Labute approximate surface area is 186 Å². The number of nitrogens with zero attached hydrogens (tertiary/aromatic N) is 2. The number of hydrogen-bond acceptors (Lipinski definition) is 4. The minimum absolute atomic E-state index is 0.0336. The van der Waals surface area contributed by atoms with Gasteiger partial charge in [-0.2, -0.15) is 0 Å². The molecule has 2 atom stereocenters. The van der Waals surface area contributed by atoms with Gasteiger partial charge >= 0.3 is 0 Å². The van der Waals surface area contributed by atoms with Crippen LogP contribution in [0.25, 0.3) is 0 Å². The quantitative estimate of drug-likeness (QED) is 0.736. The van der Waals surface area contributed by atoms with Crippen LogP contribution in [0.4, 0.5) is 13.2 Å². The van der Waals surface area contributed by atoms with E-state index in [0.29, 0.717) is 24.9 Å². The number of carbonyl (C=O) groups is 2. The lowest BCUT2D eigenvalue weighted by atomic mass is 9.88. The van der Waals surface area contributed by atoms with Gasteiger partial charge in [-0.05, 0) is 43.9 Å². The van der Waals surface area contributed by atoms with Gasteiger partial charge in [0.15, 0.2) is 11.4 Å². The fourth-order valence-electron chi connectivity index (χ4n) is 5.51. The Hall–Kier alpha value is -3.30. The number of carbonyl (C=O) groups excluding carboxylic acids is 2. The number of benzene rings is 1. The molecule has 4 heterocycles. The molecule has 1 fully saturated rings. The summed E-state index contributed by atoms with van der Waals surface area (Å²) in [6, 6.07) is 2.21. The Morgan fingerprint density at radius 3 is 2.64 bits per heavy atom. The Morgan fingerprint density at radius 2 is 1.94 bits per heavy atom. The van der Waals surface area contributed by atoms with Crippen LogP contribution in [0.2, 0.25) is 0 Å². The third-order valence-corrected chi connectivity index (χ3v) is 6.95. The standard InChI is InChI=1S/C23H22F3N3O4/c1-11-6-13(24)12(14(25)7-11)9-27-21(32)16-17-15(26)8-23-4-2-3-5-28(10-23)22(33)18(29(17)23)20(31)19(16)30/h6-7,15,31H,2-5,8-10H2,1H3,(H,27,32)/t15-,23-/m0/s1. The van der Waals surface area contributed by atoms with Crippen LogP contribution in [0.15, 0.2) is 16.9 Å². The van der Waals surface area contributed by atoms with Crippen LogP contribution in [0.3, 0.4) is 0 Å². The number of aromatic hydroxyl groups is 1. The summed E-state index contributed by atoms with van der Waals surface area (Å²) < 4.78 is 45.1. The average molecular weight is 461 g/mol. The van der Waals surface area contributed by atoms with Gasteiger partial charge in [-0.15, -0.1) is 0 Å². The van der Waals surface area contributed by atoms with Gasteiger partial charge in [0.2, 0.25) is 5.43 Å². The first-order valence-corrected chi connectivity index (χ1v) is 10.8. The smallest absolute Gasteiger partial charge is 0.274 e. The highest BCUT2D eigenvalue weighted by molar-refractivity contribution is 6.00. The first kappa shape index (κ1) is 21.5. The number of hydrogen-bond donors (Lipinski definition) is 2. The van der Waals surface area contributed by atoms with Gasteiger partial charge in [0.05, 0.1) is 11.2 Å². The molecule has 3 aliphatic rings. The van der Waals surface area contributed by atoms with Gasteiger partial charge in [0.25, 0.3) is 11.8 Å². The van der Waals surface area contributed by atoms with Crippen molar-refractivity contribution < 1.29 is 27.9 Å². The molecule has 0 radical (unpaired) electrons. The molecule has 0 aliphatic carbocycles. The lowest BCUT2D eigenvalue weighted by molar-refractivity contribution is 0.0571. The van der Waals surface area contributed by atoms with Crippen molar-refractivity contribution in [3.05, 3.63) is 62.1 Å². The fourth-order valence-corrected chi connectivity index (χ4v) is 5.51. The number of nitrogens with one attached hydrogen (secondary N) is 1. The Balaban J connectivity index is 1.61. The van der Waals surface area contributed by atoms with Gasteiger partial charge in [-0.25, -0.2) is 13.2 Å². The molecular formula is C23H22F3N3O4. The normalized spacial score (nSPS) is 23.3. The van der Waals surface area contributed by atoms with Crippen molar-refractivity contribution in [1.82, 2.24) is 14.8 Å². The van der Waals surface area contributed by atoms with Crippen molar-refractivity contribution in [2.45, 2.75) is 50.9 Å². The van der Waals surface area contributed by atoms with Crippen LogP contribution in [0, 0.1) is 18.6 Å². The van der Waals surface area contributed by atoms with Crippen molar-refractivity contribution in [3.63, 3.8) is 0 Å². The van der Waals surface area contributed by atoms with Gasteiger partial charge in [-0.3, -0.25) is 14.4 Å². The topological polar surface area (TPSA) is 91.6 Å². The predicted molar refractivity (Wildman–Crippen MR) is 111 cm³/mol. The van der Waals surface area contributed by atoms with E-state index in [-0.39, 0.29) is 24.4 Å². The molecule has 1 saturated heterocycles. The number of amides is 2. The highest BCUT2D eigenvalue weighted by Crippen LogP contribution is 2.50. The van der Waals surface area contributed by atoms with E-state index in [1.54, 1.807) is 0 Å². The number of pyridine rings is 1. The summed E-state index contributed by atoms with van der Waals surface area (Å²) in [6.07, 6.45) is 0.210. The molecule has 2 amide bonds. The van der Waals surface area contributed by atoms with Crippen LogP contribution in [-0.4, -0.2) is 39.5 Å². The third kappa shape index (κ3) is 3.07. The number of halogens is 3. The minimum atomic E-state index is -1.71. The largest absolute Gasteiger partial charge is 0.503 e. The monoisotopic (exact) mass is 461 g/mol. The van der Waals surface area contributed by atoms with Crippen LogP contribution in [-0.2, 0) is 12.1 Å². The molecule has 3 aliphatic heterocycles. The third-order valence-electron chi connectivity index (χ3n) is 6.95. The van der Waals surface area contributed by atoms with Crippen LogP contribution in [0.1, 0.15) is 69.5 Å². The van der Waals surface area contributed by atoms with Gasteiger partial charge in [0, 0.05) is 31.6 Å². The van der Waals surface area contributed by atoms with E-state index >= 15 is 4.39 Å². The Morgan fingerprint density at radius 1 is 1.24 bits per heavy atom. The fraction of sp³-hybridized carbons (Fsp3) is 0.435. The van der Waals surface area contributed by atoms with E-state index in [9.17, 15) is 28.3 Å². The first-order chi connectivity index (χ1) is 15.6. The number of rotatable bonds is 3. The lowest BCUT2D eigenvalue weighted by Gasteiger charge is -2.41. The highest BCUT2D eigenvalue weighted by Gasteiger charge is 2.54. The molecule has 2 aromatic rings. The van der Waals surface area contributed by atoms with E-state index < -0.39 is 64.0 Å². The molecule has 174 valence electrons. The first-order valence-electron chi connectivity index (χ1n) is 10.8. The molecule has 1 aromatic heterocycles. The summed E-state index contributed by atoms with van der Waals surface area (Å²) in [5.41, 5.74) is -3.27. The summed E-state index contributed by atoms with van der Waals surface area (Å²) >= 11 is 0. The second-order valence-electron chi connectivity index (χ2n) is 9.09. The van der Waals surface area contributed by atoms with E-state index in [1.807, 2.05) is 0 Å². The lowest BCUT2D eigenvalue weighted by Crippen LogP contribution is -2.52. The van der Waals surface area contributed by atoms with Gasteiger partial charge < -0.3 is 19.9 Å².